The first kappa shape index (κ1) is 14.3. The van der Waals surface area contributed by atoms with Gasteiger partial charge in [0.15, 0.2) is 0 Å². The highest BCUT2D eigenvalue weighted by atomic mass is 32.1. The molecule has 110 valence electrons. The van der Waals surface area contributed by atoms with Crippen molar-refractivity contribution in [3.05, 3.63) is 57.8 Å². The maximum absolute atomic E-state index is 12.3. The minimum Gasteiger partial charge on any atom is -0.336 e. The van der Waals surface area contributed by atoms with E-state index in [9.17, 15) is 4.79 Å². The van der Waals surface area contributed by atoms with Crippen molar-refractivity contribution in [3.63, 3.8) is 0 Å². The van der Waals surface area contributed by atoms with Gasteiger partial charge in [0.25, 0.3) is 5.91 Å². The average molecular weight is 300 g/mol. The molecule has 0 radical (unpaired) electrons. The fourth-order valence-corrected chi connectivity index (χ4v) is 3.38. The number of hydrogen-bond acceptors (Lipinski definition) is 3. The lowest BCUT2D eigenvalue weighted by atomic mass is 10.1. The summed E-state index contributed by atoms with van der Waals surface area (Å²) < 4.78 is 0. The van der Waals surface area contributed by atoms with Crippen molar-refractivity contribution in [3.8, 4) is 0 Å². The van der Waals surface area contributed by atoms with Gasteiger partial charge in [-0.05, 0) is 23.9 Å². The number of nitrogens with zero attached hydrogens (tertiary/aromatic N) is 2. The van der Waals surface area contributed by atoms with Gasteiger partial charge < -0.3 is 4.90 Å². The van der Waals surface area contributed by atoms with E-state index in [1.165, 1.54) is 11.1 Å². The summed E-state index contributed by atoms with van der Waals surface area (Å²) in [5.74, 6) is 0.173. The van der Waals surface area contributed by atoms with Crippen molar-refractivity contribution in [2.24, 2.45) is 0 Å². The van der Waals surface area contributed by atoms with Gasteiger partial charge in [0.1, 0.15) is 0 Å². The van der Waals surface area contributed by atoms with E-state index in [1.807, 2.05) is 21.7 Å². The Balaban J connectivity index is 1.54. The number of carbonyl (C=O) groups is 1. The van der Waals surface area contributed by atoms with Gasteiger partial charge in [-0.1, -0.05) is 29.8 Å². The van der Waals surface area contributed by atoms with Crippen LogP contribution < -0.4 is 0 Å². The number of hydrogen-bond donors (Lipinski definition) is 0. The van der Waals surface area contributed by atoms with Gasteiger partial charge >= 0.3 is 0 Å². The summed E-state index contributed by atoms with van der Waals surface area (Å²) in [6.07, 6.45) is 0. The van der Waals surface area contributed by atoms with E-state index in [-0.39, 0.29) is 5.91 Å². The van der Waals surface area contributed by atoms with E-state index < -0.39 is 0 Å². The van der Waals surface area contributed by atoms with Crippen LogP contribution in [0.2, 0.25) is 0 Å². The zero-order valence-electron chi connectivity index (χ0n) is 12.3. The van der Waals surface area contributed by atoms with E-state index in [0.29, 0.717) is 0 Å². The summed E-state index contributed by atoms with van der Waals surface area (Å²) in [5.41, 5.74) is 3.48. The highest BCUT2D eigenvalue weighted by Gasteiger charge is 2.22. The molecule has 1 aromatic carbocycles. The number of piperazine rings is 1. The van der Waals surface area contributed by atoms with Crippen molar-refractivity contribution in [1.29, 1.82) is 0 Å². The Kier molecular flexibility index (Phi) is 4.36. The number of benzene rings is 1. The molecule has 2 aromatic rings. The molecule has 1 fully saturated rings. The summed E-state index contributed by atoms with van der Waals surface area (Å²) in [4.78, 5) is 16.7. The number of rotatable bonds is 3. The lowest BCUT2D eigenvalue weighted by Gasteiger charge is -2.34. The largest absolute Gasteiger partial charge is 0.336 e. The SMILES string of the molecule is Cc1cccc(CN2CCN(C(=O)c3ccsc3)CC2)c1. The fourth-order valence-electron chi connectivity index (χ4n) is 2.75. The monoisotopic (exact) mass is 300 g/mol. The van der Waals surface area contributed by atoms with Crippen molar-refractivity contribution in [2.75, 3.05) is 26.2 Å². The van der Waals surface area contributed by atoms with Crippen molar-refractivity contribution >= 4 is 17.2 Å². The van der Waals surface area contributed by atoms with Crippen LogP contribution in [-0.4, -0.2) is 41.9 Å². The molecule has 1 amide bonds. The van der Waals surface area contributed by atoms with Crippen molar-refractivity contribution < 1.29 is 4.79 Å². The van der Waals surface area contributed by atoms with E-state index in [0.717, 1.165) is 38.3 Å². The first-order valence-electron chi connectivity index (χ1n) is 7.32. The maximum atomic E-state index is 12.3. The number of thiophene rings is 1. The van der Waals surface area contributed by atoms with Crippen LogP contribution in [0.4, 0.5) is 0 Å². The molecule has 3 rings (SSSR count). The number of aryl methyl sites for hydroxylation is 1. The topological polar surface area (TPSA) is 23.6 Å². The Morgan fingerprint density at radius 3 is 2.67 bits per heavy atom. The highest BCUT2D eigenvalue weighted by molar-refractivity contribution is 7.08. The molecule has 0 N–H and O–H groups in total. The fraction of sp³-hybridized carbons (Fsp3) is 0.353. The van der Waals surface area contributed by atoms with Gasteiger partial charge in [0, 0.05) is 38.1 Å². The second-order valence-corrected chi connectivity index (χ2v) is 6.35. The molecule has 0 atom stereocenters. The van der Waals surface area contributed by atoms with Gasteiger partial charge in [-0.3, -0.25) is 9.69 Å². The molecule has 0 saturated carbocycles. The van der Waals surface area contributed by atoms with E-state index in [4.69, 9.17) is 0 Å². The lowest BCUT2D eigenvalue weighted by molar-refractivity contribution is 0.0629. The van der Waals surface area contributed by atoms with Crippen LogP contribution >= 0.6 is 11.3 Å². The van der Waals surface area contributed by atoms with Crippen LogP contribution in [0.25, 0.3) is 0 Å². The Labute approximate surface area is 129 Å². The van der Waals surface area contributed by atoms with Crippen LogP contribution in [0.3, 0.4) is 0 Å². The van der Waals surface area contributed by atoms with Gasteiger partial charge in [-0.2, -0.15) is 11.3 Å². The Morgan fingerprint density at radius 1 is 1.19 bits per heavy atom. The molecule has 1 aromatic heterocycles. The summed E-state index contributed by atoms with van der Waals surface area (Å²) in [6.45, 7) is 6.64. The first-order chi connectivity index (χ1) is 10.2. The van der Waals surface area contributed by atoms with Gasteiger partial charge in [0.2, 0.25) is 0 Å². The average Bonchev–Trinajstić information content (AvgIpc) is 3.01. The molecule has 0 spiro atoms. The molecule has 0 unspecified atom stereocenters. The Bertz CT molecular complexity index is 601. The molecule has 1 aliphatic rings. The quantitative estimate of drug-likeness (QED) is 0.870. The van der Waals surface area contributed by atoms with Crippen molar-refractivity contribution in [2.45, 2.75) is 13.5 Å². The summed E-state index contributed by atoms with van der Waals surface area (Å²) in [5, 5.41) is 3.89. The molecular weight excluding hydrogens is 280 g/mol. The van der Waals surface area contributed by atoms with Crippen LogP contribution in [0.15, 0.2) is 41.1 Å². The predicted molar refractivity (Wildman–Crippen MR) is 86.7 cm³/mol. The van der Waals surface area contributed by atoms with Crippen LogP contribution in [0.5, 0.6) is 0 Å². The minimum atomic E-state index is 0.173. The van der Waals surface area contributed by atoms with E-state index in [1.54, 1.807) is 11.3 Å². The lowest BCUT2D eigenvalue weighted by Crippen LogP contribution is -2.48. The van der Waals surface area contributed by atoms with Gasteiger partial charge in [-0.25, -0.2) is 0 Å². The molecule has 3 nitrogen and oxygen atoms in total. The summed E-state index contributed by atoms with van der Waals surface area (Å²) >= 11 is 1.58. The Morgan fingerprint density at radius 2 is 2.00 bits per heavy atom. The van der Waals surface area contributed by atoms with Crippen molar-refractivity contribution in [1.82, 2.24) is 9.80 Å². The molecular formula is C17H20N2OS. The normalized spacial score (nSPS) is 16.1. The standard InChI is InChI=1S/C17H20N2OS/c1-14-3-2-4-15(11-14)12-18-6-8-19(9-7-18)17(20)16-5-10-21-13-16/h2-5,10-11,13H,6-9,12H2,1H3. The molecule has 0 aliphatic carbocycles. The second kappa shape index (κ2) is 6.41. The highest BCUT2D eigenvalue weighted by Crippen LogP contribution is 2.14. The minimum absolute atomic E-state index is 0.173. The maximum Gasteiger partial charge on any atom is 0.254 e. The second-order valence-electron chi connectivity index (χ2n) is 5.57. The summed E-state index contributed by atoms with van der Waals surface area (Å²) in [6, 6.07) is 10.6. The zero-order chi connectivity index (χ0) is 14.7. The smallest absolute Gasteiger partial charge is 0.254 e. The zero-order valence-corrected chi connectivity index (χ0v) is 13.1. The van der Waals surface area contributed by atoms with Crippen LogP contribution in [0, 0.1) is 6.92 Å². The molecule has 1 saturated heterocycles. The van der Waals surface area contributed by atoms with Gasteiger partial charge in [-0.15, -0.1) is 0 Å². The summed E-state index contributed by atoms with van der Waals surface area (Å²) in [7, 11) is 0. The van der Waals surface area contributed by atoms with E-state index in [2.05, 4.69) is 36.1 Å². The molecule has 1 aliphatic heterocycles. The predicted octanol–water partition coefficient (Wildman–Crippen LogP) is 3.01. The molecule has 21 heavy (non-hydrogen) atoms. The van der Waals surface area contributed by atoms with Crippen LogP contribution in [0.1, 0.15) is 21.5 Å². The third kappa shape index (κ3) is 3.52. The third-order valence-electron chi connectivity index (χ3n) is 3.92. The third-order valence-corrected chi connectivity index (χ3v) is 4.60. The van der Waals surface area contributed by atoms with Gasteiger partial charge in [0.05, 0.1) is 5.56 Å². The van der Waals surface area contributed by atoms with Crippen LogP contribution in [-0.2, 0) is 6.54 Å². The molecule has 0 bridgehead atoms. The van der Waals surface area contributed by atoms with E-state index >= 15 is 0 Å². The Hall–Kier alpha value is -1.65. The number of carbonyl (C=O) groups excluding carboxylic acids is 1. The number of amides is 1. The first-order valence-corrected chi connectivity index (χ1v) is 8.26. The molecule has 2 heterocycles. The molecule has 4 heteroatoms.